The normalized spacial score (nSPS) is 28.5. The third-order valence-electron chi connectivity index (χ3n) is 2.98. The van der Waals surface area contributed by atoms with Crippen LogP contribution in [0.1, 0.15) is 6.42 Å². The summed E-state index contributed by atoms with van der Waals surface area (Å²) in [4.78, 5) is 11.0. The molecule has 3 heterocycles. The third-order valence-corrected chi connectivity index (χ3v) is 4.37. The lowest BCUT2D eigenvalue weighted by Crippen LogP contribution is -2.35. The Morgan fingerprint density at radius 2 is 2.53 bits per heavy atom. The molecule has 4 nitrogen and oxygen atoms in total. The Kier molecular flexibility index (Phi) is 2.20. The minimum atomic E-state index is 0.632. The minimum Gasteiger partial charge on any atom is -0.481 e. The van der Waals surface area contributed by atoms with E-state index in [1.165, 1.54) is 12.2 Å². The van der Waals surface area contributed by atoms with Crippen LogP contribution in [-0.2, 0) is 0 Å². The number of rotatable bonds is 2. The average Bonchev–Trinajstić information content (AvgIpc) is 2.91. The second-order valence-corrected chi connectivity index (χ2v) is 5.23. The zero-order valence-electron chi connectivity index (χ0n) is 8.59. The van der Waals surface area contributed by atoms with Crippen molar-refractivity contribution in [2.45, 2.75) is 17.7 Å². The fraction of sp³-hybridized carbons (Fsp3) is 0.600. The van der Waals surface area contributed by atoms with Crippen molar-refractivity contribution >= 4 is 17.7 Å². The molecule has 0 aliphatic carbocycles. The molecule has 2 aliphatic heterocycles. The fourth-order valence-electron chi connectivity index (χ4n) is 2.23. The van der Waals surface area contributed by atoms with E-state index in [9.17, 15) is 0 Å². The molecule has 0 aromatic carbocycles. The van der Waals surface area contributed by atoms with E-state index in [-0.39, 0.29) is 0 Å². The van der Waals surface area contributed by atoms with Gasteiger partial charge in [0.2, 0.25) is 11.8 Å². The summed E-state index contributed by atoms with van der Waals surface area (Å²) in [6.07, 6.45) is 3.05. The number of ether oxygens (including phenoxy) is 1. The number of hydrogen-bond donors (Lipinski definition) is 0. The number of fused-ring (bicyclic) bond motifs is 2. The Morgan fingerprint density at radius 1 is 1.60 bits per heavy atom. The van der Waals surface area contributed by atoms with E-state index in [2.05, 4.69) is 26.6 Å². The first-order chi connectivity index (χ1) is 7.36. The van der Waals surface area contributed by atoms with Crippen molar-refractivity contribution in [3.63, 3.8) is 0 Å². The number of thioether (sulfide) groups is 1. The number of aromatic nitrogens is 2. The highest BCUT2D eigenvalue weighted by Gasteiger charge is 2.39. The third kappa shape index (κ3) is 1.55. The molecule has 2 aliphatic rings. The molecule has 2 saturated heterocycles. The maximum absolute atomic E-state index is 5.11. The van der Waals surface area contributed by atoms with Crippen LogP contribution in [0.2, 0.25) is 0 Å². The first kappa shape index (κ1) is 9.27. The molecular weight excluding hydrogens is 210 g/mol. The molecule has 15 heavy (non-hydrogen) atoms. The van der Waals surface area contributed by atoms with E-state index in [1.807, 2.05) is 0 Å². The summed E-state index contributed by atoms with van der Waals surface area (Å²) in [7, 11) is 1.64. The molecule has 2 bridgehead atoms. The largest absolute Gasteiger partial charge is 0.481 e. The molecule has 1 aromatic heterocycles. The Balaban J connectivity index is 1.86. The van der Waals surface area contributed by atoms with Gasteiger partial charge in [-0.05, 0) is 6.42 Å². The summed E-state index contributed by atoms with van der Waals surface area (Å²) >= 11 is 2.07. The van der Waals surface area contributed by atoms with E-state index in [0.29, 0.717) is 11.9 Å². The summed E-state index contributed by atoms with van der Waals surface area (Å²) in [5.41, 5.74) is 0. The summed E-state index contributed by atoms with van der Waals surface area (Å²) in [5.74, 6) is 2.68. The Bertz CT molecular complexity index is 373. The van der Waals surface area contributed by atoms with E-state index < -0.39 is 0 Å². The standard InChI is InChI=1S/C10H13N3OS/c1-14-9-2-3-11-10(12-9)13-5-8-4-7(13)6-15-8/h2-3,7-8H,4-6H2,1H3/t7-,8+/m0/s1. The van der Waals surface area contributed by atoms with Gasteiger partial charge in [0.25, 0.3) is 0 Å². The number of methoxy groups -OCH3 is 1. The molecule has 2 atom stereocenters. The topological polar surface area (TPSA) is 38.2 Å². The summed E-state index contributed by atoms with van der Waals surface area (Å²) in [6, 6.07) is 2.42. The van der Waals surface area contributed by atoms with Gasteiger partial charge in [-0.3, -0.25) is 0 Å². The summed E-state index contributed by atoms with van der Waals surface area (Å²) in [5, 5.41) is 0.782. The van der Waals surface area contributed by atoms with Crippen LogP contribution in [0.4, 0.5) is 5.95 Å². The van der Waals surface area contributed by atoms with Gasteiger partial charge < -0.3 is 9.64 Å². The van der Waals surface area contributed by atoms with Crippen molar-refractivity contribution < 1.29 is 4.74 Å². The smallest absolute Gasteiger partial charge is 0.228 e. The highest BCUT2D eigenvalue weighted by molar-refractivity contribution is 8.00. The monoisotopic (exact) mass is 223 g/mol. The zero-order chi connectivity index (χ0) is 10.3. The van der Waals surface area contributed by atoms with Gasteiger partial charge in [-0.1, -0.05) is 0 Å². The van der Waals surface area contributed by atoms with Crippen LogP contribution in [0.25, 0.3) is 0 Å². The van der Waals surface area contributed by atoms with Gasteiger partial charge in [0.1, 0.15) is 0 Å². The van der Waals surface area contributed by atoms with Crippen molar-refractivity contribution in [2.24, 2.45) is 0 Å². The first-order valence-corrected chi connectivity index (χ1v) is 6.17. The predicted octanol–water partition coefficient (Wildman–Crippen LogP) is 1.18. The molecule has 0 N–H and O–H groups in total. The van der Waals surface area contributed by atoms with Crippen molar-refractivity contribution in [3.05, 3.63) is 12.3 Å². The van der Waals surface area contributed by atoms with Crippen molar-refractivity contribution in [1.82, 2.24) is 9.97 Å². The van der Waals surface area contributed by atoms with Gasteiger partial charge >= 0.3 is 0 Å². The van der Waals surface area contributed by atoms with Crippen LogP contribution in [0, 0.1) is 0 Å². The first-order valence-electron chi connectivity index (χ1n) is 5.12. The van der Waals surface area contributed by atoms with Crippen LogP contribution in [-0.4, -0.2) is 40.7 Å². The van der Waals surface area contributed by atoms with Crippen molar-refractivity contribution in [2.75, 3.05) is 24.3 Å². The van der Waals surface area contributed by atoms with Crippen molar-refractivity contribution in [1.29, 1.82) is 0 Å². The highest BCUT2D eigenvalue weighted by atomic mass is 32.2. The van der Waals surface area contributed by atoms with Gasteiger partial charge in [0.15, 0.2) is 0 Å². The van der Waals surface area contributed by atoms with Crippen LogP contribution < -0.4 is 9.64 Å². The second kappa shape index (κ2) is 3.56. The molecule has 1 aromatic rings. The zero-order valence-corrected chi connectivity index (χ0v) is 9.41. The predicted molar refractivity (Wildman–Crippen MR) is 60.6 cm³/mol. The molecule has 80 valence electrons. The molecular formula is C10H13N3OS. The van der Waals surface area contributed by atoms with E-state index in [4.69, 9.17) is 4.74 Å². The number of anilines is 1. The van der Waals surface area contributed by atoms with Gasteiger partial charge in [0, 0.05) is 35.9 Å². The molecule has 5 heteroatoms. The maximum atomic E-state index is 5.11. The summed E-state index contributed by atoms with van der Waals surface area (Å²) in [6.45, 7) is 1.09. The van der Waals surface area contributed by atoms with Crippen LogP contribution in [0.5, 0.6) is 5.88 Å². The molecule has 3 rings (SSSR count). The Labute approximate surface area is 93.0 Å². The Hall–Kier alpha value is -0.970. The second-order valence-electron chi connectivity index (χ2n) is 3.90. The molecule has 0 amide bonds. The quantitative estimate of drug-likeness (QED) is 0.752. The SMILES string of the molecule is COc1ccnc(N2C[C@H]3C[C@H]2CS3)n1. The van der Waals surface area contributed by atoms with Gasteiger partial charge in [-0.25, -0.2) is 4.98 Å². The minimum absolute atomic E-state index is 0.632. The van der Waals surface area contributed by atoms with Gasteiger partial charge in [-0.2, -0.15) is 16.7 Å². The molecule has 2 fully saturated rings. The lowest BCUT2D eigenvalue weighted by molar-refractivity contribution is 0.396. The molecule has 0 spiro atoms. The van der Waals surface area contributed by atoms with Gasteiger partial charge in [0.05, 0.1) is 7.11 Å². The molecule has 0 saturated carbocycles. The van der Waals surface area contributed by atoms with Crippen LogP contribution in [0.3, 0.4) is 0 Å². The average molecular weight is 223 g/mol. The van der Waals surface area contributed by atoms with Gasteiger partial charge in [-0.15, -0.1) is 0 Å². The molecule has 0 unspecified atom stereocenters. The molecule has 0 radical (unpaired) electrons. The lowest BCUT2D eigenvalue weighted by Gasteiger charge is -2.26. The van der Waals surface area contributed by atoms with E-state index in [0.717, 1.165) is 17.7 Å². The fourth-order valence-corrected chi connectivity index (χ4v) is 3.66. The Morgan fingerprint density at radius 3 is 3.20 bits per heavy atom. The summed E-state index contributed by atoms with van der Waals surface area (Å²) < 4.78 is 5.11. The number of hydrogen-bond acceptors (Lipinski definition) is 5. The van der Waals surface area contributed by atoms with E-state index in [1.54, 1.807) is 19.4 Å². The van der Waals surface area contributed by atoms with Crippen LogP contribution >= 0.6 is 11.8 Å². The number of nitrogens with zero attached hydrogens (tertiary/aromatic N) is 3. The highest BCUT2D eigenvalue weighted by Crippen LogP contribution is 2.38. The maximum Gasteiger partial charge on any atom is 0.228 e. The lowest BCUT2D eigenvalue weighted by atomic mass is 10.2. The van der Waals surface area contributed by atoms with Crippen LogP contribution in [0.15, 0.2) is 12.3 Å². The van der Waals surface area contributed by atoms with E-state index >= 15 is 0 Å². The van der Waals surface area contributed by atoms with Crippen molar-refractivity contribution in [3.8, 4) is 5.88 Å².